The summed E-state index contributed by atoms with van der Waals surface area (Å²) < 4.78 is 5.93. The van der Waals surface area contributed by atoms with Gasteiger partial charge >= 0.3 is 0 Å². The van der Waals surface area contributed by atoms with Gasteiger partial charge in [-0.25, -0.2) is 0 Å². The van der Waals surface area contributed by atoms with E-state index in [9.17, 15) is 9.59 Å². The van der Waals surface area contributed by atoms with E-state index in [1.54, 1.807) is 6.07 Å². The molecule has 2 aromatic rings. The predicted octanol–water partition coefficient (Wildman–Crippen LogP) is 1.28. The summed E-state index contributed by atoms with van der Waals surface area (Å²) in [5.74, 6) is 0.757. The second kappa shape index (κ2) is 4.67. The van der Waals surface area contributed by atoms with E-state index in [-0.39, 0.29) is 17.6 Å². The molecule has 0 fully saturated rings. The highest BCUT2D eigenvalue weighted by molar-refractivity contribution is 5.89. The fourth-order valence-corrected chi connectivity index (χ4v) is 2.66. The Kier molecular flexibility index (Phi) is 2.97. The Morgan fingerprint density at radius 1 is 1.50 bits per heavy atom. The number of ether oxygens (including phenoxy) is 1. The van der Waals surface area contributed by atoms with Crippen molar-refractivity contribution in [3.63, 3.8) is 0 Å². The highest BCUT2D eigenvalue weighted by Crippen LogP contribution is 2.36. The lowest BCUT2D eigenvalue weighted by molar-refractivity contribution is -0.119. The van der Waals surface area contributed by atoms with Crippen LogP contribution in [0, 0.1) is 6.92 Å². The molecular weight excluding hydrogens is 256 g/mol. The number of hydrogen-bond acceptors (Lipinski definition) is 3. The second-order valence-corrected chi connectivity index (χ2v) is 5.17. The molecule has 2 heterocycles. The molecular formula is C15H16N2O3. The Morgan fingerprint density at radius 3 is 3.05 bits per heavy atom. The van der Waals surface area contributed by atoms with E-state index in [4.69, 9.17) is 4.74 Å². The Morgan fingerprint density at radius 2 is 2.30 bits per heavy atom. The first-order valence-electron chi connectivity index (χ1n) is 6.61. The number of benzene rings is 1. The Labute approximate surface area is 116 Å². The van der Waals surface area contributed by atoms with Gasteiger partial charge in [0.1, 0.15) is 11.9 Å². The van der Waals surface area contributed by atoms with E-state index < -0.39 is 0 Å². The van der Waals surface area contributed by atoms with Crippen LogP contribution in [0.25, 0.3) is 10.9 Å². The third kappa shape index (κ3) is 2.15. The predicted molar refractivity (Wildman–Crippen MR) is 76.1 cm³/mol. The van der Waals surface area contributed by atoms with E-state index in [0.717, 1.165) is 34.2 Å². The van der Waals surface area contributed by atoms with Crippen LogP contribution in [-0.2, 0) is 11.2 Å². The lowest BCUT2D eigenvalue weighted by Gasteiger charge is -2.11. The van der Waals surface area contributed by atoms with Crippen LogP contribution in [0.1, 0.15) is 18.1 Å². The molecule has 1 aliphatic rings. The molecule has 0 saturated carbocycles. The van der Waals surface area contributed by atoms with Crippen molar-refractivity contribution in [2.75, 3.05) is 6.54 Å². The minimum Gasteiger partial charge on any atom is -0.487 e. The normalized spacial score (nSPS) is 16.8. The van der Waals surface area contributed by atoms with Crippen molar-refractivity contribution in [3.05, 3.63) is 39.7 Å². The van der Waals surface area contributed by atoms with Crippen LogP contribution in [0.5, 0.6) is 5.75 Å². The highest BCUT2D eigenvalue weighted by Gasteiger charge is 2.25. The highest BCUT2D eigenvalue weighted by atomic mass is 16.5. The molecule has 1 atom stereocenters. The van der Waals surface area contributed by atoms with E-state index in [1.807, 2.05) is 13.0 Å². The number of hydrogen-bond donors (Lipinski definition) is 2. The van der Waals surface area contributed by atoms with Crippen molar-refractivity contribution in [2.24, 2.45) is 0 Å². The van der Waals surface area contributed by atoms with Gasteiger partial charge in [0.2, 0.25) is 11.5 Å². The molecule has 0 radical (unpaired) electrons. The Hall–Kier alpha value is -2.30. The molecule has 0 aliphatic carbocycles. The van der Waals surface area contributed by atoms with Gasteiger partial charge in [-0.05, 0) is 24.1 Å². The Balaban J connectivity index is 1.99. The summed E-state index contributed by atoms with van der Waals surface area (Å²) in [7, 11) is 0. The number of nitrogens with one attached hydrogen (secondary N) is 2. The molecule has 20 heavy (non-hydrogen) atoms. The monoisotopic (exact) mass is 272 g/mol. The van der Waals surface area contributed by atoms with Crippen molar-refractivity contribution in [2.45, 2.75) is 26.4 Å². The number of aromatic amines is 1. The summed E-state index contributed by atoms with van der Waals surface area (Å²) in [5, 5.41) is 3.69. The van der Waals surface area contributed by atoms with Crippen LogP contribution in [-0.4, -0.2) is 23.5 Å². The molecule has 5 nitrogen and oxygen atoms in total. The van der Waals surface area contributed by atoms with E-state index in [0.29, 0.717) is 6.54 Å². The van der Waals surface area contributed by atoms with Crippen molar-refractivity contribution in [1.82, 2.24) is 10.3 Å². The number of carbonyl (C=O) groups excluding carboxylic acids is 1. The van der Waals surface area contributed by atoms with Gasteiger partial charge in [-0.2, -0.15) is 0 Å². The van der Waals surface area contributed by atoms with Crippen molar-refractivity contribution in [3.8, 4) is 5.75 Å². The Bertz CT molecular complexity index is 749. The average molecular weight is 272 g/mol. The molecule has 1 aliphatic heterocycles. The minimum absolute atomic E-state index is 0.0502. The molecule has 0 spiro atoms. The van der Waals surface area contributed by atoms with Gasteiger partial charge in [-0.15, -0.1) is 0 Å². The number of rotatable bonds is 2. The van der Waals surface area contributed by atoms with E-state index in [2.05, 4.69) is 10.3 Å². The smallest absolute Gasteiger partial charge is 0.248 e. The van der Waals surface area contributed by atoms with Crippen LogP contribution in [0.2, 0.25) is 0 Å². The van der Waals surface area contributed by atoms with Crippen LogP contribution in [0.3, 0.4) is 0 Å². The van der Waals surface area contributed by atoms with Crippen LogP contribution in [0.15, 0.2) is 23.0 Å². The van der Waals surface area contributed by atoms with E-state index >= 15 is 0 Å². The molecule has 1 aromatic heterocycles. The summed E-state index contributed by atoms with van der Waals surface area (Å²) in [6, 6.07) is 5.34. The number of fused-ring (bicyclic) bond motifs is 3. The standard InChI is InChI=1S/C15H16N2O3/c1-8-5-10-6-11(7-16-9(2)18)20-15(10)12-3-4-13(19)17-14(8)12/h3-5,11H,6-7H2,1-2H3,(H,16,18)(H,17,19). The summed E-state index contributed by atoms with van der Waals surface area (Å²) in [5.41, 5.74) is 2.85. The number of pyridine rings is 1. The maximum Gasteiger partial charge on any atom is 0.248 e. The van der Waals surface area contributed by atoms with Crippen molar-refractivity contribution >= 4 is 16.8 Å². The van der Waals surface area contributed by atoms with Crippen LogP contribution in [0.4, 0.5) is 0 Å². The average Bonchev–Trinajstić information content (AvgIpc) is 2.79. The minimum atomic E-state index is -0.117. The molecule has 104 valence electrons. The quantitative estimate of drug-likeness (QED) is 0.865. The molecule has 2 N–H and O–H groups in total. The molecule has 1 unspecified atom stereocenters. The van der Waals surface area contributed by atoms with Crippen LogP contribution >= 0.6 is 0 Å². The summed E-state index contributed by atoms with van der Waals surface area (Å²) in [6.07, 6.45) is 0.719. The van der Waals surface area contributed by atoms with Crippen molar-refractivity contribution < 1.29 is 9.53 Å². The summed E-state index contributed by atoms with van der Waals surface area (Å²) >= 11 is 0. The number of carbonyl (C=O) groups is 1. The number of H-pyrrole nitrogens is 1. The van der Waals surface area contributed by atoms with Gasteiger partial charge in [0.05, 0.1) is 12.1 Å². The first kappa shape index (κ1) is 12.7. The molecule has 1 aromatic carbocycles. The van der Waals surface area contributed by atoms with Gasteiger partial charge in [0.25, 0.3) is 0 Å². The topological polar surface area (TPSA) is 71.2 Å². The molecule has 5 heteroatoms. The number of aryl methyl sites for hydroxylation is 1. The fourth-order valence-electron chi connectivity index (χ4n) is 2.66. The third-order valence-corrected chi connectivity index (χ3v) is 3.55. The fraction of sp³-hybridized carbons (Fsp3) is 0.333. The lowest BCUT2D eigenvalue weighted by atomic mass is 10.0. The van der Waals surface area contributed by atoms with Crippen LogP contribution < -0.4 is 15.6 Å². The largest absolute Gasteiger partial charge is 0.487 e. The van der Waals surface area contributed by atoms with Gasteiger partial charge in [-0.3, -0.25) is 9.59 Å². The summed E-state index contributed by atoms with van der Waals surface area (Å²) in [4.78, 5) is 25.3. The maximum absolute atomic E-state index is 11.4. The SMILES string of the molecule is CC(=O)NCC1Cc2cc(C)c3[nH]c(=O)ccc3c2O1. The maximum atomic E-state index is 11.4. The van der Waals surface area contributed by atoms with Gasteiger partial charge < -0.3 is 15.0 Å². The van der Waals surface area contributed by atoms with Gasteiger partial charge in [-0.1, -0.05) is 6.07 Å². The zero-order chi connectivity index (χ0) is 14.3. The second-order valence-electron chi connectivity index (χ2n) is 5.17. The zero-order valence-corrected chi connectivity index (χ0v) is 11.4. The molecule has 0 saturated heterocycles. The zero-order valence-electron chi connectivity index (χ0n) is 11.4. The molecule has 3 rings (SSSR count). The van der Waals surface area contributed by atoms with Crippen molar-refractivity contribution in [1.29, 1.82) is 0 Å². The number of amides is 1. The molecule has 1 amide bonds. The van der Waals surface area contributed by atoms with Gasteiger partial charge in [0.15, 0.2) is 0 Å². The lowest BCUT2D eigenvalue weighted by Crippen LogP contribution is -2.32. The molecule has 0 bridgehead atoms. The number of aromatic nitrogens is 1. The summed E-state index contributed by atoms with van der Waals surface area (Å²) in [6.45, 7) is 3.96. The van der Waals surface area contributed by atoms with Gasteiger partial charge in [0, 0.05) is 24.8 Å². The first-order valence-corrected chi connectivity index (χ1v) is 6.61. The third-order valence-electron chi connectivity index (χ3n) is 3.55. The first-order chi connectivity index (χ1) is 9.54. The van der Waals surface area contributed by atoms with E-state index in [1.165, 1.54) is 13.0 Å².